The number of carbonyl (C=O) groups is 6. The van der Waals surface area contributed by atoms with Crippen molar-refractivity contribution in [2.45, 2.75) is 84.1 Å². The normalized spacial score (nSPS) is 21.8. The maximum absolute atomic E-state index is 14.4. The lowest BCUT2D eigenvalue weighted by Gasteiger charge is -2.32. The second-order valence-electron chi connectivity index (χ2n) is 15.3. The third-order valence-corrected chi connectivity index (χ3v) is 10.8. The summed E-state index contributed by atoms with van der Waals surface area (Å²) in [5.74, 6) is -3.30. The summed E-state index contributed by atoms with van der Waals surface area (Å²) in [5.41, 5.74) is 8.13. The standard InChI is InChI=1S/C41H53N9O7S/c1-22(2)15-30-38(54)48-31(16-25-11-13-27(57-6)14-12-25)37(53)45-24(5)36(52)49-33(23(3)4)20-50(40(56)34-19-44-41(42)58-34)21-35(51)46-32(39(55)47-30)17-26-18-43-29-10-8-7-9-28(26)29/h7-14,18-19,22-24,30-33,43H,15-17,20-21H2,1-6H3,(H2,42,44)(H,45,53)(H,46,51)(H,47,55)(H,48,54)(H,49,52)/t24-,30+,31+,32-,33-/m1/s1. The molecule has 17 heteroatoms. The number of anilines is 1. The predicted octanol–water partition coefficient (Wildman–Crippen LogP) is 2.30. The summed E-state index contributed by atoms with van der Waals surface area (Å²) >= 11 is 0.955. The zero-order valence-corrected chi connectivity index (χ0v) is 34.4. The van der Waals surface area contributed by atoms with Crippen molar-refractivity contribution in [1.29, 1.82) is 0 Å². The lowest BCUT2D eigenvalue weighted by Crippen LogP contribution is -2.60. The number of ether oxygens (including phenoxy) is 1. The van der Waals surface area contributed by atoms with Gasteiger partial charge in [-0.2, -0.15) is 0 Å². The Hall–Kier alpha value is -5.97. The minimum absolute atomic E-state index is 0.0436. The first kappa shape index (κ1) is 43.2. The summed E-state index contributed by atoms with van der Waals surface area (Å²) in [6.45, 7) is 8.42. The molecule has 5 rings (SSSR count). The number of aromatic nitrogens is 2. The zero-order valence-electron chi connectivity index (χ0n) is 33.6. The number of hydrogen-bond donors (Lipinski definition) is 7. The van der Waals surface area contributed by atoms with Gasteiger partial charge in [-0.3, -0.25) is 28.8 Å². The van der Waals surface area contributed by atoms with Crippen LogP contribution in [0, 0.1) is 11.8 Å². The Morgan fingerprint density at radius 3 is 2.17 bits per heavy atom. The molecule has 3 heterocycles. The Bertz CT molecular complexity index is 2100. The minimum Gasteiger partial charge on any atom is -0.497 e. The second-order valence-corrected chi connectivity index (χ2v) is 16.4. The van der Waals surface area contributed by atoms with E-state index in [1.165, 1.54) is 25.1 Å². The smallest absolute Gasteiger partial charge is 0.266 e. The van der Waals surface area contributed by atoms with Crippen LogP contribution in [0.25, 0.3) is 10.9 Å². The van der Waals surface area contributed by atoms with Crippen LogP contribution in [-0.4, -0.2) is 101 Å². The Morgan fingerprint density at radius 2 is 1.52 bits per heavy atom. The molecule has 0 bridgehead atoms. The third-order valence-electron chi connectivity index (χ3n) is 9.98. The van der Waals surface area contributed by atoms with Crippen molar-refractivity contribution < 1.29 is 33.5 Å². The van der Waals surface area contributed by atoms with Crippen LogP contribution in [0.2, 0.25) is 0 Å². The lowest BCUT2D eigenvalue weighted by atomic mass is 9.99. The molecule has 2 aromatic heterocycles. The van der Waals surface area contributed by atoms with E-state index in [0.29, 0.717) is 11.3 Å². The summed E-state index contributed by atoms with van der Waals surface area (Å²) in [7, 11) is 1.54. The summed E-state index contributed by atoms with van der Waals surface area (Å²) < 4.78 is 5.28. The van der Waals surface area contributed by atoms with Crippen LogP contribution in [0.1, 0.15) is 61.8 Å². The average Bonchev–Trinajstić information content (AvgIpc) is 3.81. The van der Waals surface area contributed by atoms with E-state index in [9.17, 15) is 28.8 Å². The van der Waals surface area contributed by atoms with E-state index in [1.54, 1.807) is 30.5 Å². The maximum Gasteiger partial charge on any atom is 0.266 e. The number of para-hydroxylation sites is 1. The van der Waals surface area contributed by atoms with Gasteiger partial charge in [-0.15, -0.1) is 0 Å². The van der Waals surface area contributed by atoms with Crippen molar-refractivity contribution in [2.24, 2.45) is 11.8 Å². The Morgan fingerprint density at radius 1 is 0.862 bits per heavy atom. The molecule has 0 unspecified atom stereocenters. The Labute approximate surface area is 341 Å². The summed E-state index contributed by atoms with van der Waals surface area (Å²) in [4.78, 5) is 92.8. The molecule has 6 amide bonds. The first-order valence-corrected chi connectivity index (χ1v) is 20.1. The zero-order chi connectivity index (χ0) is 42.1. The van der Waals surface area contributed by atoms with Crippen LogP contribution >= 0.6 is 11.3 Å². The first-order valence-electron chi connectivity index (χ1n) is 19.3. The van der Waals surface area contributed by atoms with Gasteiger partial charge in [-0.05, 0) is 54.5 Å². The lowest BCUT2D eigenvalue weighted by molar-refractivity contribution is -0.135. The van der Waals surface area contributed by atoms with Crippen LogP contribution in [0.4, 0.5) is 5.13 Å². The van der Waals surface area contributed by atoms with E-state index in [4.69, 9.17) is 10.5 Å². The molecule has 0 spiro atoms. The van der Waals surface area contributed by atoms with E-state index >= 15 is 0 Å². The van der Waals surface area contributed by atoms with Gasteiger partial charge in [0.25, 0.3) is 5.91 Å². The number of carbonyl (C=O) groups excluding carboxylic acids is 6. The molecule has 2 aromatic carbocycles. The number of H-pyrrole nitrogens is 1. The number of nitrogens with one attached hydrogen (secondary N) is 6. The summed E-state index contributed by atoms with van der Waals surface area (Å²) in [6.07, 6.45) is 3.39. The molecule has 0 radical (unpaired) electrons. The molecule has 16 nitrogen and oxygen atoms in total. The number of nitrogens with zero attached hydrogens (tertiary/aromatic N) is 2. The van der Waals surface area contributed by atoms with Crippen LogP contribution in [-0.2, 0) is 36.8 Å². The topological polar surface area (TPSA) is 230 Å². The van der Waals surface area contributed by atoms with Crippen LogP contribution in [0.3, 0.4) is 0 Å². The fourth-order valence-electron chi connectivity index (χ4n) is 6.71. The number of nitrogen functional groups attached to an aromatic ring is 1. The van der Waals surface area contributed by atoms with Crippen molar-refractivity contribution >= 4 is 62.8 Å². The molecule has 5 atom stereocenters. The molecule has 1 saturated heterocycles. The van der Waals surface area contributed by atoms with Crippen molar-refractivity contribution in [3.8, 4) is 5.75 Å². The van der Waals surface area contributed by atoms with Crippen LogP contribution < -0.4 is 37.1 Å². The number of aromatic amines is 1. The fraction of sp³-hybridized carbons (Fsp3) is 0.439. The summed E-state index contributed by atoms with van der Waals surface area (Å²) in [5, 5.41) is 15.2. The molecule has 58 heavy (non-hydrogen) atoms. The molecular formula is C41H53N9O7S. The number of fused-ring (bicyclic) bond motifs is 1. The Balaban J connectivity index is 1.54. The van der Waals surface area contributed by atoms with E-state index < -0.39 is 72.2 Å². The number of amides is 6. The van der Waals surface area contributed by atoms with Crippen molar-refractivity contribution in [3.05, 3.63) is 76.9 Å². The minimum atomic E-state index is -1.19. The van der Waals surface area contributed by atoms with E-state index in [0.717, 1.165) is 27.8 Å². The fourth-order valence-corrected chi connectivity index (χ4v) is 7.36. The van der Waals surface area contributed by atoms with Gasteiger partial charge in [0.05, 0.1) is 19.9 Å². The average molecular weight is 816 g/mol. The van der Waals surface area contributed by atoms with E-state index in [1.807, 2.05) is 52.0 Å². The number of hydrogen-bond acceptors (Lipinski definition) is 10. The SMILES string of the molecule is COc1ccc(C[C@@H]2NC(=O)[C@H](CC(C)C)NC(=O)[C@@H](Cc3c[nH]c4ccccc34)NC(=O)CN(C(=O)c3cnc(N)s3)C[C@H](C(C)C)NC(=O)[C@@H](C)NC2=O)cc1. The van der Waals surface area contributed by atoms with Crippen molar-refractivity contribution in [2.75, 3.05) is 25.9 Å². The molecule has 4 aromatic rings. The molecule has 1 fully saturated rings. The molecular weight excluding hydrogens is 763 g/mol. The van der Waals surface area contributed by atoms with Gasteiger partial charge in [0.1, 0.15) is 34.8 Å². The number of nitrogens with two attached hydrogens (primary N) is 1. The van der Waals surface area contributed by atoms with Gasteiger partial charge in [0.15, 0.2) is 5.13 Å². The Kier molecular flexibility index (Phi) is 14.5. The van der Waals surface area contributed by atoms with Gasteiger partial charge in [0, 0.05) is 42.5 Å². The second kappa shape index (κ2) is 19.5. The molecule has 1 aliphatic rings. The predicted molar refractivity (Wildman–Crippen MR) is 221 cm³/mol. The quantitative estimate of drug-likeness (QED) is 0.131. The van der Waals surface area contributed by atoms with E-state index in [2.05, 4.69) is 36.6 Å². The third kappa shape index (κ3) is 11.3. The number of thiazole rings is 1. The monoisotopic (exact) mass is 815 g/mol. The first-order chi connectivity index (χ1) is 27.6. The highest BCUT2D eigenvalue weighted by Gasteiger charge is 2.34. The molecule has 1 aliphatic heterocycles. The van der Waals surface area contributed by atoms with Gasteiger partial charge < -0.3 is 46.9 Å². The van der Waals surface area contributed by atoms with Crippen LogP contribution in [0.15, 0.2) is 60.9 Å². The highest BCUT2D eigenvalue weighted by atomic mass is 32.1. The highest BCUT2D eigenvalue weighted by molar-refractivity contribution is 7.17. The summed E-state index contributed by atoms with van der Waals surface area (Å²) in [6, 6.07) is 9.35. The maximum atomic E-state index is 14.4. The molecule has 0 saturated carbocycles. The largest absolute Gasteiger partial charge is 0.497 e. The molecule has 310 valence electrons. The van der Waals surface area contributed by atoms with E-state index in [-0.39, 0.29) is 47.7 Å². The highest BCUT2D eigenvalue weighted by Crippen LogP contribution is 2.21. The van der Waals surface area contributed by atoms with Crippen molar-refractivity contribution in [3.63, 3.8) is 0 Å². The van der Waals surface area contributed by atoms with Crippen molar-refractivity contribution in [1.82, 2.24) is 41.5 Å². The van der Waals surface area contributed by atoms with Gasteiger partial charge in [-0.25, -0.2) is 4.98 Å². The van der Waals surface area contributed by atoms with Gasteiger partial charge in [0.2, 0.25) is 29.5 Å². The number of methoxy groups -OCH3 is 1. The number of rotatable bonds is 9. The molecule has 0 aliphatic carbocycles. The van der Waals surface area contributed by atoms with Gasteiger partial charge in [-0.1, -0.05) is 69.4 Å². The van der Waals surface area contributed by atoms with Crippen LogP contribution in [0.5, 0.6) is 5.75 Å². The van der Waals surface area contributed by atoms with Gasteiger partial charge >= 0.3 is 0 Å². The number of benzene rings is 2. The molecule has 8 N–H and O–H groups in total.